The van der Waals surface area contributed by atoms with Gasteiger partial charge >= 0.3 is 0 Å². The highest BCUT2D eigenvalue weighted by Gasteiger charge is 2.16. The summed E-state index contributed by atoms with van der Waals surface area (Å²) in [6, 6.07) is 8.81. The van der Waals surface area contributed by atoms with E-state index >= 15 is 0 Å². The Hall–Kier alpha value is -1.39. The minimum absolute atomic E-state index is 0.490. The quantitative estimate of drug-likeness (QED) is 0.851. The molecule has 1 aliphatic heterocycles. The van der Waals surface area contributed by atoms with Gasteiger partial charge in [-0.05, 0) is 51.3 Å². The highest BCUT2D eigenvalue weighted by Crippen LogP contribution is 2.19. The predicted molar refractivity (Wildman–Crippen MR) is 85.4 cm³/mol. The summed E-state index contributed by atoms with van der Waals surface area (Å²) >= 11 is 0. The summed E-state index contributed by atoms with van der Waals surface area (Å²) in [7, 11) is 2.05. The maximum atomic E-state index is 5.70. The molecule has 0 amide bonds. The summed E-state index contributed by atoms with van der Waals surface area (Å²) in [4.78, 5) is 4.46. The van der Waals surface area contributed by atoms with Gasteiger partial charge in [0.05, 0.1) is 23.5 Å². The van der Waals surface area contributed by atoms with Gasteiger partial charge in [-0.15, -0.1) is 0 Å². The van der Waals surface area contributed by atoms with Crippen LogP contribution in [0.3, 0.4) is 0 Å². The standard InChI is InChI=1S/C17H25N3O/c1-18-14(6-4-7-15-8-5-11-21-15)12-20-13-19-16-9-2-3-10-17(16)20/h2-3,9-10,13-15,18H,4-8,11-12H2,1H3. The van der Waals surface area contributed by atoms with Gasteiger partial charge in [-0.1, -0.05) is 12.1 Å². The van der Waals surface area contributed by atoms with Crippen LogP contribution in [0.1, 0.15) is 32.1 Å². The predicted octanol–water partition coefficient (Wildman–Crippen LogP) is 2.97. The lowest BCUT2D eigenvalue weighted by atomic mass is 10.1. The molecule has 0 aliphatic carbocycles. The molecule has 21 heavy (non-hydrogen) atoms. The van der Waals surface area contributed by atoms with E-state index in [1.807, 2.05) is 12.4 Å². The smallest absolute Gasteiger partial charge is 0.0958 e. The summed E-state index contributed by atoms with van der Waals surface area (Å²) in [5.41, 5.74) is 2.29. The number of nitrogens with one attached hydrogen (secondary N) is 1. The lowest BCUT2D eigenvalue weighted by molar-refractivity contribution is 0.101. The number of nitrogens with zero attached hydrogens (tertiary/aromatic N) is 2. The van der Waals surface area contributed by atoms with Gasteiger partial charge in [-0.3, -0.25) is 0 Å². The number of fused-ring (bicyclic) bond motifs is 1. The van der Waals surface area contributed by atoms with E-state index in [1.54, 1.807) is 0 Å². The molecule has 2 atom stereocenters. The van der Waals surface area contributed by atoms with Crippen molar-refractivity contribution in [3.8, 4) is 0 Å². The fourth-order valence-corrected chi connectivity index (χ4v) is 3.18. The van der Waals surface area contributed by atoms with E-state index in [-0.39, 0.29) is 0 Å². The molecule has 0 bridgehead atoms. The minimum Gasteiger partial charge on any atom is -0.378 e. The van der Waals surface area contributed by atoms with Gasteiger partial charge in [0.1, 0.15) is 0 Å². The molecule has 1 N–H and O–H groups in total. The molecule has 3 rings (SSSR count). The van der Waals surface area contributed by atoms with Gasteiger partial charge in [-0.25, -0.2) is 4.98 Å². The second-order valence-corrected chi connectivity index (χ2v) is 5.94. The zero-order valence-corrected chi connectivity index (χ0v) is 12.8. The number of hydrogen-bond acceptors (Lipinski definition) is 3. The molecule has 1 aromatic heterocycles. The lowest BCUT2D eigenvalue weighted by Gasteiger charge is -2.18. The maximum Gasteiger partial charge on any atom is 0.0958 e. The van der Waals surface area contributed by atoms with Gasteiger partial charge in [0.15, 0.2) is 0 Å². The summed E-state index contributed by atoms with van der Waals surface area (Å²) < 4.78 is 7.95. The van der Waals surface area contributed by atoms with Crippen LogP contribution in [0.15, 0.2) is 30.6 Å². The fourth-order valence-electron chi connectivity index (χ4n) is 3.18. The van der Waals surface area contributed by atoms with E-state index in [4.69, 9.17) is 4.74 Å². The molecule has 4 heteroatoms. The van der Waals surface area contributed by atoms with E-state index in [0.717, 1.165) is 18.7 Å². The topological polar surface area (TPSA) is 39.1 Å². The Bertz CT molecular complexity index is 560. The molecule has 0 spiro atoms. The third-order valence-corrected chi connectivity index (χ3v) is 4.46. The van der Waals surface area contributed by atoms with Crippen molar-refractivity contribution in [3.63, 3.8) is 0 Å². The van der Waals surface area contributed by atoms with E-state index in [0.29, 0.717) is 12.1 Å². The zero-order chi connectivity index (χ0) is 14.5. The van der Waals surface area contributed by atoms with E-state index in [2.05, 4.69) is 40.1 Å². The first kappa shape index (κ1) is 14.5. The van der Waals surface area contributed by atoms with Gasteiger partial charge < -0.3 is 14.6 Å². The molecule has 2 aromatic rings. The third-order valence-electron chi connectivity index (χ3n) is 4.46. The fraction of sp³-hybridized carbons (Fsp3) is 0.588. The summed E-state index contributed by atoms with van der Waals surface area (Å²) in [5.74, 6) is 0. The van der Waals surface area contributed by atoms with Crippen molar-refractivity contribution < 1.29 is 4.74 Å². The Morgan fingerprint density at radius 3 is 3.14 bits per heavy atom. The largest absolute Gasteiger partial charge is 0.378 e. The first-order valence-corrected chi connectivity index (χ1v) is 8.05. The maximum absolute atomic E-state index is 5.70. The molecular weight excluding hydrogens is 262 g/mol. The Morgan fingerprint density at radius 2 is 2.33 bits per heavy atom. The van der Waals surface area contributed by atoms with Crippen molar-refractivity contribution >= 4 is 11.0 Å². The van der Waals surface area contributed by atoms with Gasteiger partial charge in [-0.2, -0.15) is 0 Å². The van der Waals surface area contributed by atoms with Crippen LogP contribution >= 0.6 is 0 Å². The lowest BCUT2D eigenvalue weighted by Crippen LogP contribution is -2.30. The molecule has 114 valence electrons. The first-order chi connectivity index (χ1) is 10.4. The number of imidazole rings is 1. The highest BCUT2D eigenvalue weighted by atomic mass is 16.5. The van der Waals surface area contributed by atoms with Crippen molar-refractivity contribution in [3.05, 3.63) is 30.6 Å². The van der Waals surface area contributed by atoms with E-state index < -0.39 is 0 Å². The molecule has 1 aromatic carbocycles. The van der Waals surface area contributed by atoms with Gasteiger partial charge in [0.2, 0.25) is 0 Å². The zero-order valence-electron chi connectivity index (χ0n) is 12.8. The van der Waals surface area contributed by atoms with Crippen LogP contribution in [0.4, 0.5) is 0 Å². The van der Waals surface area contributed by atoms with Crippen LogP contribution in [-0.2, 0) is 11.3 Å². The Labute approximate surface area is 126 Å². The van der Waals surface area contributed by atoms with Crippen molar-refractivity contribution in [2.24, 2.45) is 0 Å². The SMILES string of the molecule is CNC(CCCC1CCCO1)Cn1cnc2ccccc21. The molecule has 4 nitrogen and oxygen atoms in total. The Balaban J connectivity index is 1.54. The number of aromatic nitrogens is 2. The van der Waals surface area contributed by atoms with E-state index in [1.165, 1.54) is 37.6 Å². The normalized spacial score (nSPS) is 20.1. The second-order valence-electron chi connectivity index (χ2n) is 5.94. The van der Waals surface area contributed by atoms with Crippen molar-refractivity contribution in [1.29, 1.82) is 0 Å². The molecule has 2 unspecified atom stereocenters. The third kappa shape index (κ3) is 3.63. The van der Waals surface area contributed by atoms with Crippen molar-refractivity contribution in [2.75, 3.05) is 13.7 Å². The van der Waals surface area contributed by atoms with Gasteiger partial charge in [0, 0.05) is 19.2 Å². The van der Waals surface area contributed by atoms with E-state index in [9.17, 15) is 0 Å². The minimum atomic E-state index is 0.490. The molecule has 0 saturated carbocycles. The molecule has 1 fully saturated rings. The average Bonchev–Trinajstić information content (AvgIpc) is 3.16. The van der Waals surface area contributed by atoms with Crippen LogP contribution in [0.2, 0.25) is 0 Å². The summed E-state index contributed by atoms with van der Waals surface area (Å²) in [6.45, 7) is 1.93. The molecular formula is C17H25N3O. The molecule has 1 saturated heterocycles. The number of para-hydroxylation sites is 2. The number of ether oxygens (including phenoxy) is 1. The summed E-state index contributed by atoms with van der Waals surface area (Å²) in [6.07, 6.45) is 8.55. The monoisotopic (exact) mass is 287 g/mol. The number of likely N-dealkylation sites (N-methyl/N-ethyl adjacent to an activating group) is 1. The van der Waals surface area contributed by atoms with Crippen molar-refractivity contribution in [1.82, 2.24) is 14.9 Å². The first-order valence-electron chi connectivity index (χ1n) is 8.05. The number of rotatable bonds is 7. The molecule has 0 radical (unpaired) electrons. The van der Waals surface area contributed by atoms with Crippen LogP contribution in [0.5, 0.6) is 0 Å². The van der Waals surface area contributed by atoms with Crippen LogP contribution in [0, 0.1) is 0 Å². The summed E-state index contributed by atoms with van der Waals surface area (Å²) in [5, 5.41) is 3.44. The average molecular weight is 287 g/mol. The number of benzene rings is 1. The van der Waals surface area contributed by atoms with Crippen LogP contribution in [-0.4, -0.2) is 35.4 Å². The molecule has 1 aliphatic rings. The van der Waals surface area contributed by atoms with Crippen LogP contribution in [0.25, 0.3) is 11.0 Å². The van der Waals surface area contributed by atoms with Crippen molar-refractivity contribution in [2.45, 2.75) is 50.8 Å². The van der Waals surface area contributed by atoms with Gasteiger partial charge in [0.25, 0.3) is 0 Å². The molecule has 2 heterocycles. The highest BCUT2D eigenvalue weighted by molar-refractivity contribution is 5.74. The Morgan fingerprint density at radius 1 is 1.43 bits per heavy atom. The van der Waals surface area contributed by atoms with Crippen LogP contribution < -0.4 is 5.32 Å². The Kier molecular flexibility index (Phi) is 4.88. The second kappa shape index (κ2) is 7.05. The number of hydrogen-bond donors (Lipinski definition) is 1.